The second-order valence-electron chi connectivity index (χ2n) is 8.55. The predicted octanol–water partition coefficient (Wildman–Crippen LogP) is 11.1. The zero-order valence-corrected chi connectivity index (χ0v) is 26.9. The Bertz CT molecular complexity index is 214. The molecule has 0 radical (unpaired) electrons. The molecule has 0 saturated heterocycles. The fourth-order valence-electron chi connectivity index (χ4n) is 3.68. The lowest BCUT2D eigenvalue weighted by atomic mass is 10.1. The molecule has 0 aliphatic heterocycles. The summed E-state index contributed by atoms with van der Waals surface area (Å²) < 4.78 is 0. The van der Waals surface area contributed by atoms with E-state index >= 15 is 0 Å². The maximum atomic E-state index is 2.58. The van der Waals surface area contributed by atoms with Crippen molar-refractivity contribution in [2.45, 2.75) is 143 Å². The Kier molecular flexibility index (Phi) is 49.5. The summed E-state index contributed by atoms with van der Waals surface area (Å²) in [5, 5.41) is 0. The molecule has 30 heavy (non-hydrogen) atoms. The molecule has 4 heteroatoms. The monoisotopic (exact) mass is 546 g/mol. The van der Waals surface area contributed by atoms with Crippen molar-refractivity contribution in [1.29, 1.82) is 0 Å². The second kappa shape index (κ2) is 38.1. The molecule has 0 aliphatic rings. The third-order valence-corrected chi connectivity index (χ3v) is 8.33. The second-order valence-corrected chi connectivity index (χ2v) is 12.1. The van der Waals surface area contributed by atoms with E-state index in [9.17, 15) is 0 Å². The Morgan fingerprint density at radius 2 is 0.633 bits per heavy atom. The average Bonchev–Trinajstić information content (AvgIpc) is 2.69. The van der Waals surface area contributed by atoms with E-state index in [-0.39, 0.29) is 26.9 Å². The van der Waals surface area contributed by atoms with Gasteiger partial charge in [-0.1, -0.05) is 124 Å². The maximum absolute atomic E-state index is 2.58. The molecule has 0 amide bonds. The summed E-state index contributed by atoms with van der Waals surface area (Å²) in [7, 11) is 2.94. The first-order valence-corrected chi connectivity index (χ1v) is 15.9. The molecule has 2 atom stereocenters. The topological polar surface area (TPSA) is 0 Å². The van der Waals surface area contributed by atoms with Crippen LogP contribution < -0.4 is 0 Å². The molecule has 0 aromatic heterocycles. The van der Waals surface area contributed by atoms with Gasteiger partial charge in [-0.15, -0.1) is 34.1 Å². The van der Waals surface area contributed by atoms with E-state index < -0.39 is 0 Å². The third-order valence-electron chi connectivity index (χ3n) is 5.48. The van der Waals surface area contributed by atoms with Gasteiger partial charge < -0.3 is 0 Å². The molecule has 0 heterocycles. The van der Waals surface area contributed by atoms with E-state index in [0.717, 1.165) is 0 Å². The van der Waals surface area contributed by atoms with Gasteiger partial charge in [0.15, 0.2) is 0 Å². The van der Waals surface area contributed by atoms with Gasteiger partial charge in [0, 0.05) is 0 Å². The molecule has 0 aromatic carbocycles. The van der Waals surface area contributed by atoms with Crippen molar-refractivity contribution in [2.75, 3.05) is 24.6 Å². The summed E-state index contributed by atoms with van der Waals surface area (Å²) in [5.74, 6) is 0. The number of hydrogen-bond donors (Lipinski definition) is 0. The van der Waals surface area contributed by atoms with Gasteiger partial charge in [-0.3, -0.25) is 0 Å². The number of hydrogen-bond acceptors (Lipinski definition) is 0. The first-order valence-electron chi connectivity index (χ1n) is 13.2. The molecule has 2 unspecified atom stereocenters. The van der Waals surface area contributed by atoms with Gasteiger partial charge in [0.05, 0.1) is 0 Å². The van der Waals surface area contributed by atoms with Gasteiger partial charge in [-0.05, 0) is 43.9 Å². The summed E-state index contributed by atoms with van der Waals surface area (Å²) in [6.45, 7) is 9.05. The molecule has 0 aromatic rings. The van der Waals surface area contributed by atoms with Crippen LogP contribution in [-0.4, -0.2) is 24.6 Å². The van der Waals surface area contributed by atoms with Crippen molar-refractivity contribution in [3.05, 3.63) is 0 Å². The first kappa shape index (κ1) is 39.0. The van der Waals surface area contributed by atoms with E-state index in [1.165, 1.54) is 122 Å². The fourth-order valence-corrected chi connectivity index (χ4v) is 6.37. The van der Waals surface area contributed by atoms with Crippen LogP contribution in [-0.2, 0) is 0 Å². The molecule has 0 saturated carbocycles. The van der Waals surface area contributed by atoms with Gasteiger partial charge in [-0.25, -0.2) is 0 Å². The highest BCUT2D eigenvalue weighted by atomic mass is 79.9. The standard InChI is InChI=1S/C24H51P.C2H7P.BrH.H3P/c1-4-7-10-13-16-19-22-25(23-20-17-14-11-8-5-2)24-21-18-15-12-9-6-3;1-2-3;;/h4-24H2,1-3H3;2-3H2,1H3;1H;1H3. The van der Waals surface area contributed by atoms with Crippen molar-refractivity contribution >= 4 is 44.0 Å². The predicted molar refractivity (Wildman–Crippen MR) is 163 cm³/mol. The van der Waals surface area contributed by atoms with Crippen LogP contribution in [0.15, 0.2) is 0 Å². The SMILES string of the molecule is Br.CCCCCCCCP(CCCCCCCC)CCCCCCCC.CCP.P. The van der Waals surface area contributed by atoms with Crippen LogP contribution in [0.2, 0.25) is 0 Å². The van der Waals surface area contributed by atoms with E-state index in [0.29, 0.717) is 7.92 Å². The molecule has 0 fully saturated rings. The maximum Gasteiger partial charge on any atom is -0.0326 e. The van der Waals surface area contributed by atoms with Crippen LogP contribution in [0.25, 0.3) is 0 Å². The summed E-state index contributed by atoms with van der Waals surface area (Å²) >= 11 is 0. The van der Waals surface area contributed by atoms with Gasteiger partial charge in [-0.2, -0.15) is 9.90 Å². The molecule has 0 N–H and O–H groups in total. The molecule has 0 aliphatic carbocycles. The van der Waals surface area contributed by atoms with E-state index in [1.807, 2.05) is 0 Å². The minimum Gasteiger partial charge on any atom is -0.153 e. The average molecular weight is 548 g/mol. The third kappa shape index (κ3) is 37.1. The van der Waals surface area contributed by atoms with Crippen LogP contribution >= 0.6 is 44.0 Å². The van der Waals surface area contributed by atoms with Gasteiger partial charge in [0.1, 0.15) is 0 Å². The lowest BCUT2D eigenvalue weighted by molar-refractivity contribution is 0.617. The van der Waals surface area contributed by atoms with E-state index in [2.05, 4.69) is 36.9 Å². The molecule has 188 valence electrons. The van der Waals surface area contributed by atoms with Crippen molar-refractivity contribution in [3.8, 4) is 0 Å². The summed E-state index contributed by atoms with van der Waals surface area (Å²) in [6.07, 6.45) is 32.4. The molecular formula is C26H62BrP3. The van der Waals surface area contributed by atoms with Gasteiger partial charge >= 0.3 is 0 Å². The van der Waals surface area contributed by atoms with Crippen molar-refractivity contribution in [2.24, 2.45) is 0 Å². The molecule has 0 spiro atoms. The Hall–Kier alpha value is 1.77. The van der Waals surface area contributed by atoms with Crippen LogP contribution in [0.3, 0.4) is 0 Å². The quantitative estimate of drug-likeness (QED) is 0.0990. The van der Waals surface area contributed by atoms with E-state index in [4.69, 9.17) is 0 Å². The number of unbranched alkanes of at least 4 members (excludes halogenated alkanes) is 15. The Labute approximate surface area is 211 Å². The van der Waals surface area contributed by atoms with E-state index in [1.54, 1.807) is 18.5 Å². The Morgan fingerprint density at radius 1 is 0.433 bits per heavy atom. The smallest absolute Gasteiger partial charge is 0.0326 e. The molecule has 0 bridgehead atoms. The Balaban J connectivity index is -0.000000634. The molecular weight excluding hydrogens is 485 g/mol. The molecule has 0 rings (SSSR count). The highest BCUT2D eigenvalue weighted by molar-refractivity contribution is 8.93. The van der Waals surface area contributed by atoms with Crippen LogP contribution in [0.5, 0.6) is 0 Å². The normalized spacial score (nSPS) is 10.2. The minimum absolute atomic E-state index is 0. The fraction of sp³-hybridized carbons (Fsp3) is 1.00. The van der Waals surface area contributed by atoms with Crippen LogP contribution in [0.4, 0.5) is 0 Å². The van der Waals surface area contributed by atoms with Crippen LogP contribution in [0.1, 0.15) is 143 Å². The zero-order chi connectivity index (χ0) is 21.1. The van der Waals surface area contributed by atoms with Crippen molar-refractivity contribution in [3.63, 3.8) is 0 Å². The number of halogens is 1. The summed E-state index contributed by atoms with van der Waals surface area (Å²) in [5.41, 5.74) is 0. The highest BCUT2D eigenvalue weighted by Crippen LogP contribution is 2.39. The first-order chi connectivity index (χ1) is 13.8. The summed E-state index contributed by atoms with van der Waals surface area (Å²) in [6, 6.07) is 0. The highest BCUT2D eigenvalue weighted by Gasteiger charge is 2.07. The van der Waals surface area contributed by atoms with Crippen molar-refractivity contribution in [1.82, 2.24) is 0 Å². The van der Waals surface area contributed by atoms with Crippen molar-refractivity contribution < 1.29 is 0 Å². The van der Waals surface area contributed by atoms with Gasteiger partial charge in [0.2, 0.25) is 0 Å². The minimum atomic E-state index is 0. The zero-order valence-electron chi connectivity index (χ0n) is 21.7. The lowest BCUT2D eigenvalue weighted by Crippen LogP contribution is -1.97. The summed E-state index contributed by atoms with van der Waals surface area (Å²) in [4.78, 5) is 0. The Morgan fingerprint density at radius 3 is 0.867 bits per heavy atom. The van der Waals surface area contributed by atoms with Crippen LogP contribution in [0, 0.1) is 0 Å². The lowest BCUT2D eigenvalue weighted by Gasteiger charge is -2.18. The number of rotatable bonds is 21. The van der Waals surface area contributed by atoms with Gasteiger partial charge in [0.25, 0.3) is 0 Å². The largest absolute Gasteiger partial charge is 0.153 e. The molecule has 0 nitrogen and oxygen atoms in total.